The van der Waals surface area contributed by atoms with Gasteiger partial charge in [0.15, 0.2) is 0 Å². The van der Waals surface area contributed by atoms with Crippen molar-refractivity contribution in [1.82, 2.24) is 10.2 Å². The molecule has 3 heterocycles. The molecule has 2 saturated heterocycles. The monoisotopic (exact) mass is 319 g/mol. The first-order chi connectivity index (χ1) is 11.7. The number of benzene rings is 2. The first-order valence-electron chi connectivity index (χ1n) is 8.64. The second kappa shape index (κ2) is 5.08. The predicted molar refractivity (Wildman–Crippen MR) is 94.0 cm³/mol. The number of hydrogen-bond donors (Lipinski definition) is 1. The Labute approximate surface area is 142 Å². The molecule has 3 aliphatic rings. The zero-order valence-corrected chi connectivity index (χ0v) is 13.7. The highest BCUT2D eigenvalue weighted by atomic mass is 16.2. The van der Waals surface area contributed by atoms with Gasteiger partial charge in [-0.25, -0.2) is 0 Å². The minimum absolute atomic E-state index is 0.170. The number of anilines is 1. The summed E-state index contributed by atoms with van der Waals surface area (Å²) in [5.74, 6) is 0.170. The van der Waals surface area contributed by atoms with Crippen LogP contribution >= 0.6 is 0 Å². The molecule has 2 aromatic carbocycles. The Balaban J connectivity index is 1.27. The number of rotatable bonds is 2. The van der Waals surface area contributed by atoms with Crippen molar-refractivity contribution in [2.75, 3.05) is 31.1 Å². The van der Waals surface area contributed by atoms with Gasteiger partial charge in [-0.3, -0.25) is 4.79 Å². The number of fused-ring (bicyclic) bond motifs is 1. The Bertz CT molecular complexity index is 762. The summed E-state index contributed by atoms with van der Waals surface area (Å²) >= 11 is 0. The van der Waals surface area contributed by atoms with Crippen molar-refractivity contribution in [1.29, 1.82) is 0 Å². The molecule has 0 radical (unpaired) electrons. The van der Waals surface area contributed by atoms with Crippen LogP contribution in [0.1, 0.15) is 21.5 Å². The van der Waals surface area contributed by atoms with Gasteiger partial charge in [0.2, 0.25) is 0 Å². The van der Waals surface area contributed by atoms with Crippen LogP contribution in [-0.2, 0) is 13.1 Å². The van der Waals surface area contributed by atoms with E-state index in [2.05, 4.69) is 46.6 Å². The molecule has 2 aromatic rings. The number of carbonyl (C=O) groups is 1. The normalized spacial score (nSPS) is 20.5. The summed E-state index contributed by atoms with van der Waals surface area (Å²) in [6.07, 6.45) is 0. The van der Waals surface area contributed by atoms with Crippen LogP contribution in [-0.4, -0.2) is 37.0 Å². The molecule has 1 spiro atoms. The fourth-order valence-electron chi connectivity index (χ4n) is 4.12. The summed E-state index contributed by atoms with van der Waals surface area (Å²) in [6, 6.07) is 16.7. The van der Waals surface area contributed by atoms with Crippen molar-refractivity contribution in [3.8, 4) is 0 Å². The molecule has 0 saturated carbocycles. The van der Waals surface area contributed by atoms with E-state index in [4.69, 9.17) is 0 Å². The molecule has 4 heteroatoms. The minimum atomic E-state index is 0.170. The molecule has 4 nitrogen and oxygen atoms in total. The van der Waals surface area contributed by atoms with Gasteiger partial charge >= 0.3 is 0 Å². The number of likely N-dealkylation sites (tertiary alicyclic amines) is 1. The Morgan fingerprint density at radius 2 is 1.54 bits per heavy atom. The van der Waals surface area contributed by atoms with Crippen LogP contribution in [0.25, 0.3) is 0 Å². The SMILES string of the molecule is O=C(c1ccc(N2Cc3ccccc3C2)cc1)N1CC2(CNC2)C1. The second-order valence-electron chi connectivity index (χ2n) is 7.44. The van der Waals surface area contributed by atoms with E-state index < -0.39 is 0 Å². The molecule has 0 bridgehead atoms. The smallest absolute Gasteiger partial charge is 0.253 e. The molecule has 5 rings (SSSR count). The van der Waals surface area contributed by atoms with E-state index in [1.807, 2.05) is 17.0 Å². The zero-order valence-electron chi connectivity index (χ0n) is 13.7. The van der Waals surface area contributed by atoms with Gasteiger partial charge in [0, 0.05) is 55.9 Å². The lowest BCUT2D eigenvalue weighted by Gasteiger charge is -2.56. The standard InChI is InChI=1S/C20H21N3O/c24-19(23-13-20(14-23)11-21-12-20)15-5-7-18(8-6-15)22-9-16-3-1-2-4-17(16)10-22/h1-8,21H,9-14H2. The number of hydrogen-bond acceptors (Lipinski definition) is 3. The van der Waals surface area contributed by atoms with E-state index in [9.17, 15) is 4.79 Å². The van der Waals surface area contributed by atoms with Crippen LogP contribution in [0.2, 0.25) is 0 Å². The topological polar surface area (TPSA) is 35.6 Å². The fourth-order valence-corrected chi connectivity index (χ4v) is 4.12. The van der Waals surface area contributed by atoms with E-state index in [1.165, 1.54) is 16.8 Å². The molecular weight excluding hydrogens is 298 g/mol. The second-order valence-corrected chi connectivity index (χ2v) is 7.44. The van der Waals surface area contributed by atoms with Gasteiger partial charge < -0.3 is 15.1 Å². The fraction of sp³-hybridized carbons (Fsp3) is 0.350. The van der Waals surface area contributed by atoms with Crippen molar-refractivity contribution < 1.29 is 4.79 Å². The average molecular weight is 319 g/mol. The maximum absolute atomic E-state index is 12.6. The third-order valence-electron chi connectivity index (χ3n) is 5.66. The molecule has 3 aliphatic heterocycles. The lowest BCUT2D eigenvalue weighted by molar-refractivity contribution is -0.0248. The summed E-state index contributed by atoms with van der Waals surface area (Å²) in [5.41, 5.74) is 5.18. The Hall–Kier alpha value is -2.33. The van der Waals surface area contributed by atoms with E-state index in [0.717, 1.165) is 44.8 Å². The van der Waals surface area contributed by atoms with Crippen molar-refractivity contribution in [3.63, 3.8) is 0 Å². The quantitative estimate of drug-likeness (QED) is 0.922. The Kier molecular flexibility index (Phi) is 2.98. The Morgan fingerprint density at radius 3 is 2.08 bits per heavy atom. The highest BCUT2D eigenvalue weighted by Gasteiger charge is 2.49. The van der Waals surface area contributed by atoms with Crippen LogP contribution in [0.15, 0.2) is 48.5 Å². The van der Waals surface area contributed by atoms with Crippen LogP contribution in [0, 0.1) is 5.41 Å². The maximum Gasteiger partial charge on any atom is 0.253 e. The third kappa shape index (κ3) is 2.13. The molecule has 1 N–H and O–H groups in total. The average Bonchev–Trinajstić information content (AvgIpc) is 2.96. The van der Waals surface area contributed by atoms with E-state index in [-0.39, 0.29) is 5.91 Å². The first-order valence-corrected chi connectivity index (χ1v) is 8.64. The number of amides is 1. The zero-order chi connectivity index (χ0) is 16.1. The largest absolute Gasteiger partial charge is 0.363 e. The van der Waals surface area contributed by atoms with Gasteiger partial charge in [-0.2, -0.15) is 0 Å². The molecular formula is C20H21N3O. The molecule has 0 aromatic heterocycles. The molecule has 24 heavy (non-hydrogen) atoms. The number of nitrogens with one attached hydrogen (secondary N) is 1. The van der Waals surface area contributed by atoms with Gasteiger partial charge in [-0.05, 0) is 35.4 Å². The summed E-state index contributed by atoms with van der Waals surface area (Å²) in [4.78, 5) is 16.9. The predicted octanol–water partition coefficient (Wildman–Crippen LogP) is 2.25. The Morgan fingerprint density at radius 1 is 0.917 bits per heavy atom. The first kappa shape index (κ1) is 14.1. The van der Waals surface area contributed by atoms with Gasteiger partial charge in [0.05, 0.1) is 0 Å². The third-order valence-corrected chi connectivity index (χ3v) is 5.66. The molecule has 122 valence electrons. The highest BCUT2D eigenvalue weighted by molar-refractivity contribution is 5.95. The summed E-state index contributed by atoms with van der Waals surface area (Å²) in [5, 5.41) is 3.31. The van der Waals surface area contributed by atoms with Gasteiger partial charge in [0.1, 0.15) is 0 Å². The summed E-state index contributed by atoms with van der Waals surface area (Å²) < 4.78 is 0. The van der Waals surface area contributed by atoms with Crippen molar-refractivity contribution in [2.45, 2.75) is 13.1 Å². The number of nitrogens with zero attached hydrogens (tertiary/aromatic N) is 2. The van der Waals surface area contributed by atoms with E-state index in [1.54, 1.807) is 0 Å². The van der Waals surface area contributed by atoms with Crippen LogP contribution in [0.5, 0.6) is 0 Å². The summed E-state index contributed by atoms with van der Waals surface area (Å²) in [7, 11) is 0. The van der Waals surface area contributed by atoms with Crippen LogP contribution in [0.3, 0.4) is 0 Å². The van der Waals surface area contributed by atoms with Crippen LogP contribution < -0.4 is 10.2 Å². The van der Waals surface area contributed by atoms with Crippen molar-refractivity contribution >= 4 is 11.6 Å². The van der Waals surface area contributed by atoms with Gasteiger partial charge in [0.25, 0.3) is 5.91 Å². The molecule has 1 amide bonds. The van der Waals surface area contributed by atoms with Gasteiger partial charge in [-0.1, -0.05) is 24.3 Å². The van der Waals surface area contributed by atoms with Crippen molar-refractivity contribution in [3.05, 3.63) is 65.2 Å². The molecule has 0 aliphatic carbocycles. The minimum Gasteiger partial charge on any atom is -0.363 e. The lowest BCUT2D eigenvalue weighted by atomic mass is 9.74. The maximum atomic E-state index is 12.6. The summed E-state index contributed by atoms with van der Waals surface area (Å²) in [6.45, 7) is 5.83. The molecule has 2 fully saturated rings. The van der Waals surface area contributed by atoms with E-state index >= 15 is 0 Å². The van der Waals surface area contributed by atoms with Crippen LogP contribution in [0.4, 0.5) is 5.69 Å². The van der Waals surface area contributed by atoms with Crippen molar-refractivity contribution in [2.24, 2.45) is 5.41 Å². The highest BCUT2D eigenvalue weighted by Crippen LogP contribution is 2.35. The number of carbonyl (C=O) groups excluding carboxylic acids is 1. The lowest BCUT2D eigenvalue weighted by Crippen LogP contribution is -2.71. The van der Waals surface area contributed by atoms with E-state index in [0.29, 0.717) is 5.41 Å². The molecule has 0 atom stereocenters. The van der Waals surface area contributed by atoms with Gasteiger partial charge in [-0.15, -0.1) is 0 Å². The molecule has 0 unspecified atom stereocenters.